The average molecular weight is 308 g/mol. The predicted molar refractivity (Wildman–Crippen MR) is 84.7 cm³/mol. The van der Waals surface area contributed by atoms with Crippen molar-refractivity contribution in [2.75, 3.05) is 0 Å². The van der Waals surface area contributed by atoms with Crippen LogP contribution in [0, 0.1) is 29.4 Å². The van der Waals surface area contributed by atoms with E-state index < -0.39 is 11.6 Å². The van der Waals surface area contributed by atoms with Gasteiger partial charge in [-0.3, -0.25) is 0 Å². The van der Waals surface area contributed by atoms with Crippen molar-refractivity contribution in [3.8, 4) is 0 Å². The van der Waals surface area contributed by atoms with Gasteiger partial charge in [0.1, 0.15) is 0 Å². The molecule has 3 heteroatoms. The first-order valence-electron chi connectivity index (χ1n) is 8.86. The number of quaternary nitrogens is 1. The summed E-state index contributed by atoms with van der Waals surface area (Å²) in [5.41, 5.74) is 4.26. The van der Waals surface area contributed by atoms with Crippen LogP contribution in [0.1, 0.15) is 69.8 Å². The van der Waals surface area contributed by atoms with Crippen LogP contribution < -0.4 is 5.73 Å². The summed E-state index contributed by atoms with van der Waals surface area (Å²) in [6.45, 7) is 2.36. The summed E-state index contributed by atoms with van der Waals surface area (Å²) in [5, 5.41) is 0. The fourth-order valence-corrected chi connectivity index (χ4v) is 4.58. The summed E-state index contributed by atoms with van der Waals surface area (Å²) >= 11 is 0. The van der Waals surface area contributed by atoms with Gasteiger partial charge in [-0.05, 0) is 73.8 Å². The molecular weight excluding hydrogens is 280 g/mol. The summed E-state index contributed by atoms with van der Waals surface area (Å²) in [6.07, 6.45) is 9.84. The average Bonchev–Trinajstić information content (AvgIpc) is 2.54. The van der Waals surface area contributed by atoms with Crippen LogP contribution in [0.25, 0.3) is 0 Å². The minimum absolute atomic E-state index is 0.159. The van der Waals surface area contributed by atoms with Crippen molar-refractivity contribution < 1.29 is 14.5 Å². The second-order valence-electron chi connectivity index (χ2n) is 7.57. The van der Waals surface area contributed by atoms with Crippen LogP contribution in [0.5, 0.6) is 0 Å². The summed E-state index contributed by atoms with van der Waals surface area (Å²) in [6, 6.07) is 3.36. The number of benzene rings is 1. The Morgan fingerprint density at radius 3 is 1.95 bits per heavy atom. The lowest BCUT2D eigenvalue weighted by Gasteiger charge is -2.37. The highest BCUT2D eigenvalue weighted by Gasteiger charge is 2.31. The first-order chi connectivity index (χ1) is 10.6. The molecule has 3 N–H and O–H groups in total. The third-order valence-electron chi connectivity index (χ3n) is 6.13. The van der Waals surface area contributed by atoms with Gasteiger partial charge in [-0.1, -0.05) is 19.8 Å². The molecule has 0 amide bonds. The van der Waals surface area contributed by atoms with E-state index in [-0.39, 0.29) is 11.6 Å². The standard InChI is InChI=1S/C19H27F2N/c1-12-2-4-13(5-3-12)14-6-8-15(9-7-14)16-10-11-17(22)19(21)18(16)20/h10-15H,2-9,22H2,1H3/p+1. The Labute approximate surface area is 132 Å². The van der Waals surface area contributed by atoms with Gasteiger partial charge in [0.15, 0.2) is 11.5 Å². The molecule has 0 spiro atoms. The van der Waals surface area contributed by atoms with Gasteiger partial charge >= 0.3 is 0 Å². The molecule has 1 aromatic rings. The van der Waals surface area contributed by atoms with Gasteiger partial charge in [0.05, 0.1) is 0 Å². The van der Waals surface area contributed by atoms with E-state index in [0.717, 1.165) is 30.6 Å². The molecule has 0 unspecified atom stereocenters. The van der Waals surface area contributed by atoms with Crippen LogP contribution in [0.3, 0.4) is 0 Å². The van der Waals surface area contributed by atoms with Gasteiger partial charge in [-0.25, -0.2) is 4.39 Å². The van der Waals surface area contributed by atoms with Gasteiger partial charge in [0, 0.05) is 6.07 Å². The molecule has 122 valence electrons. The van der Waals surface area contributed by atoms with Gasteiger partial charge in [-0.15, -0.1) is 0 Å². The quantitative estimate of drug-likeness (QED) is 0.801. The molecule has 1 nitrogen and oxygen atoms in total. The number of hydrogen-bond acceptors (Lipinski definition) is 0. The van der Waals surface area contributed by atoms with Crippen LogP contribution in [0.2, 0.25) is 0 Å². The predicted octanol–water partition coefficient (Wildman–Crippen LogP) is 4.94. The molecule has 0 heterocycles. The van der Waals surface area contributed by atoms with E-state index >= 15 is 0 Å². The van der Waals surface area contributed by atoms with Gasteiger partial charge < -0.3 is 5.73 Å². The molecule has 22 heavy (non-hydrogen) atoms. The van der Waals surface area contributed by atoms with Crippen molar-refractivity contribution in [2.45, 2.75) is 64.2 Å². The minimum Gasteiger partial charge on any atom is -0.323 e. The Hall–Kier alpha value is -0.960. The van der Waals surface area contributed by atoms with Crippen molar-refractivity contribution in [3.05, 3.63) is 29.3 Å². The van der Waals surface area contributed by atoms with E-state index in [9.17, 15) is 8.78 Å². The smallest absolute Gasteiger partial charge is 0.219 e. The third kappa shape index (κ3) is 3.19. The number of halogens is 2. The second-order valence-corrected chi connectivity index (χ2v) is 7.57. The molecular formula is C19H28F2N+. The molecule has 1 aromatic carbocycles. The fraction of sp³-hybridized carbons (Fsp3) is 0.684. The molecule has 2 fully saturated rings. The SMILES string of the molecule is CC1CCC(C2CCC(c3ccc([NH3+])c(F)c3F)CC2)CC1. The molecule has 0 atom stereocenters. The fourth-order valence-electron chi connectivity index (χ4n) is 4.58. The van der Waals surface area contributed by atoms with Gasteiger partial charge in [0.25, 0.3) is 0 Å². The van der Waals surface area contributed by atoms with E-state index in [2.05, 4.69) is 12.7 Å². The van der Waals surface area contributed by atoms with Crippen LogP contribution in [-0.2, 0) is 0 Å². The number of rotatable bonds is 2. The lowest BCUT2D eigenvalue weighted by atomic mass is 9.68. The van der Waals surface area contributed by atoms with E-state index in [0.29, 0.717) is 5.56 Å². The lowest BCUT2D eigenvalue weighted by Crippen LogP contribution is -2.41. The van der Waals surface area contributed by atoms with Crippen molar-refractivity contribution in [3.63, 3.8) is 0 Å². The Balaban J connectivity index is 1.61. The topological polar surface area (TPSA) is 27.6 Å². The maximum atomic E-state index is 14.1. The molecule has 2 aliphatic rings. The van der Waals surface area contributed by atoms with Crippen molar-refractivity contribution in [1.82, 2.24) is 0 Å². The Morgan fingerprint density at radius 2 is 1.36 bits per heavy atom. The summed E-state index contributed by atoms with van der Waals surface area (Å²) in [7, 11) is 0. The minimum atomic E-state index is -0.763. The Kier molecular flexibility index (Phi) is 4.82. The highest BCUT2D eigenvalue weighted by Crippen LogP contribution is 2.44. The zero-order valence-corrected chi connectivity index (χ0v) is 13.6. The molecule has 0 aliphatic heterocycles. The van der Waals surface area contributed by atoms with Gasteiger partial charge in [0.2, 0.25) is 5.82 Å². The first-order valence-corrected chi connectivity index (χ1v) is 8.86. The van der Waals surface area contributed by atoms with Crippen molar-refractivity contribution in [2.24, 2.45) is 17.8 Å². The van der Waals surface area contributed by atoms with Crippen molar-refractivity contribution >= 4 is 5.69 Å². The monoisotopic (exact) mass is 308 g/mol. The molecule has 0 aromatic heterocycles. The highest BCUT2D eigenvalue weighted by atomic mass is 19.2. The lowest BCUT2D eigenvalue weighted by molar-refractivity contribution is -0.259. The maximum absolute atomic E-state index is 14.1. The molecule has 0 radical (unpaired) electrons. The second kappa shape index (κ2) is 6.66. The van der Waals surface area contributed by atoms with Crippen LogP contribution in [-0.4, -0.2) is 0 Å². The zero-order valence-electron chi connectivity index (χ0n) is 13.6. The Morgan fingerprint density at radius 1 is 0.818 bits per heavy atom. The van der Waals surface area contributed by atoms with Crippen LogP contribution in [0.15, 0.2) is 12.1 Å². The molecule has 3 rings (SSSR count). The number of hydrogen-bond donors (Lipinski definition) is 1. The van der Waals surface area contributed by atoms with E-state index in [4.69, 9.17) is 0 Å². The zero-order chi connectivity index (χ0) is 15.7. The largest absolute Gasteiger partial charge is 0.323 e. The van der Waals surface area contributed by atoms with Gasteiger partial charge in [-0.2, -0.15) is 4.39 Å². The van der Waals surface area contributed by atoms with Crippen LogP contribution in [0.4, 0.5) is 14.5 Å². The summed E-state index contributed by atoms with van der Waals surface area (Å²) < 4.78 is 27.8. The molecule has 0 saturated heterocycles. The maximum Gasteiger partial charge on any atom is 0.219 e. The Bertz CT molecular complexity index is 512. The normalized spacial score (nSPS) is 32.9. The first kappa shape index (κ1) is 15.9. The van der Waals surface area contributed by atoms with E-state index in [1.54, 1.807) is 12.1 Å². The van der Waals surface area contributed by atoms with E-state index in [1.165, 1.54) is 38.5 Å². The highest BCUT2D eigenvalue weighted by molar-refractivity contribution is 5.36. The molecule has 2 aliphatic carbocycles. The van der Waals surface area contributed by atoms with Crippen LogP contribution >= 0.6 is 0 Å². The molecule has 0 bridgehead atoms. The summed E-state index contributed by atoms with van der Waals surface area (Å²) in [4.78, 5) is 0. The summed E-state index contributed by atoms with van der Waals surface area (Å²) in [5.74, 6) is 1.34. The van der Waals surface area contributed by atoms with E-state index in [1.807, 2.05) is 0 Å². The molecule has 2 saturated carbocycles. The third-order valence-corrected chi connectivity index (χ3v) is 6.13. The van der Waals surface area contributed by atoms with Crippen molar-refractivity contribution in [1.29, 1.82) is 0 Å².